The molecule has 9 nitrogen and oxygen atoms in total. The van der Waals surface area contributed by atoms with Gasteiger partial charge in [-0.2, -0.15) is 0 Å². The Labute approximate surface area is 157 Å². The molecule has 2 rings (SSSR count). The predicted molar refractivity (Wildman–Crippen MR) is 102 cm³/mol. The van der Waals surface area contributed by atoms with Crippen LogP contribution in [0.25, 0.3) is 10.9 Å². The Morgan fingerprint density at radius 2 is 1.74 bits per heavy atom. The number of carboxylic acid groups (broad SMARTS) is 2. The summed E-state index contributed by atoms with van der Waals surface area (Å²) >= 11 is 0. The summed E-state index contributed by atoms with van der Waals surface area (Å²) in [5, 5.41) is 22.0. The first kappa shape index (κ1) is 22.6. The molecule has 0 unspecified atom stereocenters. The minimum atomic E-state index is -3.49. The van der Waals surface area contributed by atoms with Gasteiger partial charge in [0.25, 0.3) is 0 Å². The number of aromatic nitrogens is 1. The van der Waals surface area contributed by atoms with Crippen molar-refractivity contribution in [2.24, 2.45) is 5.14 Å². The highest BCUT2D eigenvalue weighted by molar-refractivity contribution is 7.88. The van der Waals surface area contributed by atoms with Gasteiger partial charge < -0.3 is 20.1 Å². The maximum atomic E-state index is 11.1. The summed E-state index contributed by atoms with van der Waals surface area (Å²) in [6.07, 6.45) is 2.31. The van der Waals surface area contributed by atoms with E-state index in [0.29, 0.717) is 0 Å². The third-order valence-corrected chi connectivity index (χ3v) is 4.32. The standard InChI is InChI=1S/C13H19N3O2S.C4H6O4/c1-16(2)6-5-11-8-15-13-4-3-10(7-12(11)13)9-19(14,17)18;5-3(6)1-2-4(7)8/h3-4,7-8,15H,5-6,9H2,1-2H3,(H2,14,17,18);1-2H2,(H,5,6)(H,7,8). The number of H-pyrrole nitrogens is 1. The Morgan fingerprint density at radius 3 is 2.22 bits per heavy atom. The number of aromatic amines is 1. The molecule has 1 aromatic carbocycles. The van der Waals surface area contributed by atoms with E-state index in [2.05, 4.69) is 9.88 Å². The van der Waals surface area contributed by atoms with E-state index in [4.69, 9.17) is 15.4 Å². The van der Waals surface area contributed by atoms with E-state index >= 15 is 0 Å². The van der Waals surface area contributed by atoms with Crippen LogP contribution in [-0.2, 0) is 31.8 Å². The second-order valence-corrected chi connectivity index (χ2v) is 7.96. The largest absolute Gasteiger partial charge is 0.481 e. The summed E-state index contributed by atoms with van der Waals surface area (Å²) in [4.78, 5) is 24.6. The Balaban J connectivity index is 0.000000387. The molecule has 0 amide bonds. The van der Waals surface area contributed by atoms with Gasteiger partial charge in [-0.05, 0) is 43.8 Å². The van der Waals surface area contributed by atoms with Crippen molar-refractivity contribution in [2.45, 2.75) is 25.0 Å². The smallest absolute Gasteiger partial charge is 0.303 e. The Hall–Kier alpha value is -2.43. The average molecular weight is 399 g/mol. The molecule has 0 aliphatic rings. The molecule has 150 valence electrons. The van der Waals surface area contributed by atoms with Gasteiger partial charge in [0, 0.05) is 23.6 Å². The van der Waals surface area contributed by atoms with E-state index in [1.165, 1.54) is 5.56 Å². The van der Waals surface area contributed by atoms with Crippen molar-refractivity contribution in [1.29, 1.82) is 0 Å². The molecule has 0 spiro atoms. The topological polar surface area (TPSA) is 154 Å². The van der Waals surface area contributed by atoms with Gasteiger partial charge in [-0.25, -0.2) is 13.6 Å². The van der Waals surface area contributed by atoms with Crippen molar-refractivity contribution in [2.75, 3.05) is 20.6 Å². The van der Waals surface area contributed by atoms with Crippen LogP contribution in [0.4, 0.5) is 0 Å². The van der Waals surface area contributed by atoms with E-state index in [1.807, 2.05) is 32.4 Å². The fraction of sp³-hybridized carbons (Fsp3) is 0.412. The van der Waals surface area contributed by atoms with Crippen molar-refractivity contribution in [3.05, 3.63) is 35.5 Å². The Kier molecular flexibility index (Phi) is 8.41. The van der Waals surface area contributed by atoms with E-state index in [1.54, 1.807) is 6.07 Å². The van der Waals surface area contributed by atoms with Gasteiger partial charge in [0.1, 0.15) is 0 Å². The van der Waals surface area contributed by atoms with Gasteiger partial charge in [0.05, 0.1) is 18.6 Å². The number of nitrogens with two attached hydrogens (primary N) is 1. The number of benzene rings is 1. The van der Waals surface area contributed by atoms with Crippen LogP contribution in [0.15, 0.2) is 24.4 Å². The minimum absolute atomic E-state index is 0.124. The lowest BCUT2D eigenvalue weighted by Crippen LogP contribution is -2.15. The van der Waals surface area contributed by atoms with Crippen LogP contribution >= 0.6 is 0 Å². The molecule has 0 fully saturated rings. The van der Waals surface area contributed by atoms with E-state index in [9.17, 15) is 18.0 Å². The normalized spacial score (nSPS) is 11.3. The monoisotopic (exact) mass is 399 g/mol. The summed E-state index contributed by atoms with van der Waals surface area (Å²) in [5.74, 6) is -2.28. The quantitative estimate of drug-likeness (QED) is 0.516. The summed E-state index contributed by atoms with van der Waals surface area (Å²) in [6, 6.07) is 5.59. The number of primary sulfonamides is 1. The SMILES string of the molecule is CN(C)CCc1c[nH]c2ccc(CS(N)(=O)=O)cc12.O=C(O)CCC(=O)O. The number of fused-ring (bicyclic) bond motifs is 1. The van der Waals surface area contributed by atoms with E-state index in [-0.39, 0.29) is 18.6 Å². The molecule has 0 atom stereocenters. The molecular weight excluding hydrogens is 374 g/mol. The summed E-state index contributed by atoms with van der Waals surface area (Å²) in [7, 11) is 0.572. The van der Waals surface area contributed by atoms with Crippen molar-refractivity contribution in [1.82, 2.24) is 9.88 Å². The lowest BCUT2D eigenvalue weighted by atomic mass is 10.1. The lowest BCUT2D eigenvalue weighted by molar-refractivity contribution is -0.143. The number of hydrogen-bond donors (Lipinski definition) is 4. The van der Waals surface area contributed by atoms with Gasteiger partial charge in [-0.1, -0.05) is 6.07 Å². The van der Waals surface area contributed by atoms with Crippen molar-refractivity contribution < 1.29 is 28.2 Å². The molecule has 0 radical (unpaired) electrons. The molecule has 1 aromatic heterocycles. The molecule has 2 aromatic rings. The highest BCUT2D eigenvalue weighted by Crippen LogP contribution is 2.21. The zero-order valence-electron chi connectivity index (χ0n) is 15.3. The molecule has 0 saturated carbocycles. The molecular formula is C17H25N3O6S. The van der Waals surface area contributed by atoms with Gasteiger partial charge in [-0.3, -0.25) is 9.59 Å². The molecule has 1 heterocycles. The van der Waals surface area contributed by atoms with Crippen LogP contribution in [0.2, 0.25) is 0 Å². The summed E-state index contributed by atoms with van der Waals surface area (Å²) in [5.41, 5.74) is 2.94. The van der Waals surface area contributed by atoms with Crippen LogP contribution in [0.5, 0.6) is 0 Å². The van der Waals surface area contributed by atoms with Crippen molar-refractivity contribution in [3.8, 4) is 0 Å². The first-order valence-corrected chi connectivity index (χ1v) is 9.87. The number of carbonyl (C=O) groups is 2. The van der Waals surface area contributed by atoms with Gasteiger partial charge in [0.2, 0.25) is 10.0 Å². The molecule has 0 aliphatic carbocycles. The second-order valence-electron chi connectivity index (χ2n) is 6.34. The Bertz CT molecular complexity index is 875. The van der Waals surface area contributed by atoms with Crippen molar-refractivity contribution >= 4 is 32.9 Å². The number of sulfonamides is 1. The van der Waals surface area contributed by atoms with Crippen molar-refractivity contribution in [3.63, 3.8) is 0 Å². The molecule has 0 aliphatic heterocycles. The number of aliphatic carboxylic acids is 2. The van der Waals surface area contributed by atoms with Gasteiger partial charge in [0.15, 0.2) is 0 Å². The van der Waals surface area contributed by atoms with Crippen LogP contribution in [0.3, 0.4) is 0 Å². The van der Waals surface area contributed by atoms with Gasteiger partial charge >= 0.3 is 11.9 Å². The minimum Gasteiger partial charge on any atom is -0.481 e. The summed E-state index contributed by atoms with van der Waals surface area (Å²) in [6.45, 7) is 0.951. The maximum absolute atomic E-state index is 11.1. The fourth-order valence-electron chi connectivity index (χ4n) is 2.31. The Morgan fingerprint density at radius 1 is 1.15 bits per heavy atom. The van der Waals surface area contributed by atoms with E-state index < -0.39 is 22.0 Å². The average Bonchev–Trinajstić information content (AvgIpc) is 2.92. The highest BCUT2D eigenvalue weighted by atomic mass is 32.2. The van der Waals surface area contributed by atoms with Crippen LogP contribution < -0.4 is 5.14 Å². The number of rotatable bonds is 8. The highest BCUT2D eigenvalue weighted by Gasteiger charge is 2.09. The zero-order valence-corrected chi connectivity index (χ0v) is 16.1. The van der Waals surface area contributed by atoms with Crippen LogP contribution in [0, 0.1) is 0 Å². The first-order valence-electron chi connectivity index (χ1n) is 8.15. The number of carboxylic acids is 2. The first-order chi connectivity index (χ1) is 12.5. The van der Waals surface area contributed by atoms with Crippen LogP contribution in [-0.4, -0.2) is 61.1 Å². The van der Waals surface area contributed by atoms with Gasteiger partial charge in [-0.15, -0.1) is 0 Å². The lowest BCUT2D eigenvalue weighted by Gasteiger charge is -2.08. The number of likely N-dealkylation sites (N-methyl/N-ethyl adjacent to an activating group) is 1. The maximum Gasteiger partial charge on any atom is 0.303 e. The third kappa shape index (κ3) is 9.18. The molecule has 0 bridgehead atoms. The summed E-state index contributed by atoms with van der Waals surface area (Å²) < 4.78 is 22.3. The number of hydrogen-bond acceptors (Lipinski definition) is 5. The molecule has 5 N–H and O–H groups in total. The second kappa shape index (κ2) is 10.0. The third-order valence-electron chi connectivity index (χ3n) is 3.58. The molecule has 10 heteroatoms. The fourth-order valence-corrected chi connectivity index (χ4v) is 2.96. The molecule has 0 saturated heterocycles. The predicted octanol–water partition coefficient (Wildman–Crippen LogP) is 0.996. The van der Waals surface area contributed by atoms with E-state index in [0.717, 1.165) is 29.4 Å². The zero-order chi connectivity index (χ0) is 20.6. The molecule has 27 heavy (non-hydrogen) atoms. The number of nitrogens with one attached hydrogen (secondary N) is 1. The number of nitrogens with zero attached hydrogens (tertiary/aromatic N) is 1. The van der Waals surface area contributed by atoms with Crippen LogP contribution in [0.1, 0.15) is 24.0 Å².